The van der Waals surface area contributed by atoms with E-state index in [1.54, 1.807) is 11.3 Å². The van der Waals surface area contributed by atoms with Crippen molar-refractivity contribution >= 4 is 22.9 Å². The highest BCUT2D eigenvalue weighted by atomic mass is 35.5. The van der Waals surface area contributed by atoms with E-state index in [4.69, 9.17) is 16.7 Å². The van der Waals surface area contributed by atoms with E-state index in [1.807, 2.05) is 29.2 Å². The van der Waals surface area contributed by atoms with E-state index in [9.17, 15) is 0 Å². The van der Waals surface area contributed by atoms with Crippen LogP contribution in [0.25, 0.3) is 0 Å². The van der Waals surface area contributed by atoms with E-state index < -0.39 is 0 Å². The average molecular weight is 267 g/mol. The molecule has 1 N–H and O–H groups in total. The predicted octanol–water partition coefficient (Wildman–Crippen LogP) is 2.30. The van der Waals surface area contributed by atoms with E-state index in [2.05, 4.69) is 16.9 Å². The van der Waals surface area contributed by atoms with Crippen LogP contribution in [0.2, 0.25) is 5.02 Å². The number of aromatic nitrogens is 2. The zero-order valence-corrected chi connectivity index (χ0v) is 10.8. The van der Waals surface area contributed by atoms with Crippen LogP contribution in [-0.4, -0.2) is 21.5 Å². The zero-order chi connectivity index (χ0) is 12.3. The fourth-order valence-corrected chi connectivity index (χ4v) is 2.36. The van der Waals surface area contributed by atoms with E-state index in [-0.39, 0.29) is 6.61 Å². The Kier molecular flexibility index (Phi) is 3.85. The molecule has 2 aromatic heterocycles. The van der Waals surface area contributed by atoms with Crippen LogP contribution in [0.5, 0.6) is 0 Å². The molecule has 17 heavy (non-hydrogen) atoms. The zero-order valence-electron chi connectivity index (χ0n) is 9.27. The first-order valence-electron chi connectivity index (χ1n) is 5.05. The fraction of sp³-hybridized carbons (Fsp3) is 0.250. The summed E-state index contributed by atoms with van der Waals surface area (Å²) in [5, 5.41) is 15.5. The lowest BCUT2D eigenvalue weighted by atomic mass is 10.3. The van der Waals surface area contributed by atoms with Crippen LogP contribution in [0.1, 0.15) is 16.1 Å². The molecule has 0 fully saturated rings. The van der Waals surface area contributed by atoms with Crippen molar-refractivity contribution in [2.75, 3.05) is 6.61 Å². The van der Waals surface area contributed by atoms with Gasteiger partial charge in [0.2, 0.25) is 0 Å². The highest BCUT2D eigenvalue weighted by molar-refractivity contribution is 7.10. The van der Waals surface area contributed by atoms with Gasteiger partial charge in [-0.15, -0.1) is 11.3 Å². The van der Waals surface area contributed by atoms with Gasteiger partial charge in [-0.05, 0) is 13.0 Å². The molecule has 2 aromatic rings. The number of hydrogen-bond donors (Lipinski definition) is 1. The van der Waals surface area contributed by atoms with Crippen molar-refractivity contribution in [1.82, 2.24) is 9.78 Å². The van der Waals surface area contributed by atoms with Gasteiger partial charge in [-0.2, -0.15) is 5.10 Å². The van der Waals surface area contributed by atoms with Crippen LogP contribution in [0.15, 0.2) is 17.6 Å². The Labute approximate surface area is 109 Å². The number of aliphatic hydroxyl groups is 1. The number of aryl methyl sites for hydroxylation is 1. The fourth-order valence-electron chi connectivity index (χ4n) is 1.40. The van der Waals surface area contributed by atoms with E-state index in [0.29, 0.717) is 11.6 Å². The summed E-state index contributed by atoms with van der Waals surface area (Å²) in [6, 6.07) is 2.00. The first-order chi connectivity index (χ1) is 8.19. The minimum absolute atomic E-state index is 0.112. The average Bonchev–Trinajstić information content (AvgIpc) is 2.85. The summed E-state index contributed by atoms with van der Waals surface area (Å²) in [6.07, 6.45) is 1.82. The van der Waals surface area contributed by atoms with Gasteiger partial charge in [-0.25, -0.2) is 0 Å². The molecule has 0 amide bonds. The van der Waals surface area contributed by atoms with Gasteiger partial charge in [0.05, 0.1) is 17.3 Å². The molecule has 0 atom stereocenters. The number of thiophene rings is 1. The smallest absolute Gasteiger partial charge is 0.104 e. The highest BCUT2D eigenvalue weighted by Gasteiger charge is 2.04. The Morgan fingerprint density at radius 3 is 3.06 bits per heavy atom. The topological polar surface area (TPSA) is 38.0 Å². The molecule has 0 saturated heterocycles. The van der Waals surface area contributed by atoms with Gasteiger partial charge in [0.25, 0.3) is 0 Å². The van der Waals surface area contributed by atoms with Crippen LogP contribution >= 0.6 is 22.9 Å². The molecule has 0 aromatic carbocycles. The Bertz CT molecular complexity index is 557. The number of hydrogen-bond acceptors (Lipinski definition) is 3. The summed E-state index contributed by atoms with van der Waals surface area (Å²) in [4.78, 5) is 1.16. The molecule has 0 aliphatic rings. The molecule has 0 aliphatic carbocycles. The number of rotatable bonds is 2. The van der Waals surface area contributed by atoms with Crippen LogP contribution in [0, 0.1) is 18.8 Å². The van der Waals surface area contributed by atoms with Gasteiger partial charge in [0.15, 0.2) is 0 Å². The summed E-state index contributed by atoms with van der Waals surface area (Å²) < 4.78 is 1.81. The quantitative estimate of drug-likeness (QED) is 0.847. The molecule has 0 saturated carbocycles. The number of aliphatic hydroxyl groups excluding tert-OH is 1. The lowest BCUT2D eigenvalue weighted by Gasteiger charge is -1.96. The second kappa shape index (κ2) is 5.37. The van der Waals surface area contributed by atoms with E-state index in [1.165, 1.54) is 0 Å². The normalized spacial score (nSPS) is 10.1. The van der Waals surface area contributed by atoms with Crippen LogP contribution in [0.3, 0.4) is 0 Å². The van der Waals surface area contributed by atoms with Crippen molar-refractivity contribution in [2.24, 2.45) is 0 Å². The van der Waals surface area contributed by atoms with Crippen molar-refractivity contribution in [3.05, 3.63) is 38.8 Å². The van der Waals surface area contributed by atoms with Gasteiger partial charge in [0, 0.05) is 22.0 Å². The molecule has 2 heterocycles. The van der Waals surface area contributed by atoms with Gasteiger partial charge >= 0.3 is 0 Å². The van der Waals surface area contributed by atoms with Crippen LogP contribution < -0.4 is 0 Å². The maximum absolute atomic E-state index is 8.60. The van der Waals surface area contributed by atoms with E-state index >= 15 is 0 Å². The Hall–Kier alpha value is -1.28. The van der Waals surface area contributed by atoms with Crippen molar-refractivity contribution in [3.8, 4) is 11.8 Å². The Balaban J connectivity index is 2.11. The number of nitrogens with zero attached hydrogens (tertiary/aromatic N) is 2. The Morgan fingerprint density at radius 1 is 1.59 bits per heavy atom. The second-order valence-electron chi connectivity index (χ2n) is 3.52. The summed E-state index contributed by atoms with van der Waals surface area (Å²) in [5.74, 6) is 5.50. The molecule has 88 valence electrons. The minimum atomic E-state index is -0.112. The molecule has 2 rings (SSSR count). The van der Waals surface area contributed by atoms with Gasteiger partial charge < -0.3 is 5.11 Å². The molecule has 0 radical (unpaired) electrons. The summed E-state index contributed by atoms with van der Waals surface area (Å²) >= 11 is 7.56. The molecule has 0 aliphatic heterocycles. The monoisotopic (exact) mass is 266 g/mol. The lowest BCUT2D eigenvalue weighted by molar-refractivity contribution is 0.350. The van der Waals surface area contributed by atoms with Gasteiger partial charge in [-0.1, -0.05) is 23.4 Å². The third kappa shape index (κ3) is 3.10. The Morgan fingerprint density at radius 2 is 2.41 bits per heavy atom. The molecular weight excluding hydrogens is 256 g/mol. The standard InChI is InChI=1S/C12H11ClN2OS/c1-9-12(13)7-15(14-9)6-11-5-10(8-17-11)3-2-4-16/h5,7-8,16H,4,6H2,1H3. The highest BCUT2D eigenvalue weighted by Crippen LogP contribution is 2.17. The largest absolute Gasteiger partial charge is 0.384 e. The second-order valence-corrected chi connectivity index (χ2v) is 4.92. The van der Waals surface area contributed by atoms with Crippen LogP contribution in [-0.2, 0) is 6.54 Å². The minimum Gasteiger partial charge on any atom is -0.384 e. The first-order valence-corrected chi connectivity index (χ1v) is 6.31. The third-order valence-electron chi connectivity index (χ3n) is 2.17. The third-order valence-corrected chi connectivity index (χ3v) is 3.46. The van der Waals surface area contributed by atoms with Crippen molar-refractivity contribution in [2.45, 2.75) is 13.5 Å². The maximum Gasteiger partial charge on any atom is 0.104 e. The summed E-state index contributed by atoms with van der Waals surface area (Å²) in [6.45, 7) is 2.46. The molecule has 0 unspecified atom stereocenters. The van der Waals surface area contributed by atoms with Crippen molar-refractivity contribution < 1.29 is 5.11 Å². The SMILES string of the molecule is Cc1nn(Cc2cc(C#CCO)cs2)cc1Cl. The summed E-state index contributed by atoms with van der Waals surface area (Å²) in [5.41, 5.74) is 1.76. The molecule has 5 heteroatoms. The van der Waals surface area contributed by atoms with E-state index in [0.717, 1.165) is 16.1 Å². The first kappa shape index (κ1) is 12.2. The molecule has 0 bridgehead atoms. The van der Waals surface area contributed by atoms with Crippen molar-refractivity contribution in [1.29, 1.82) is 0 Å². The van der Waals surface area contributed by atoms with Gasteiger partial charge in [-0.3, -0.25) is 4.68 Å². The lowest BCUT2D eigenvalue weighted by Crippen LogP contribution is -1.98. The predicted molar refractivity (Wildman–Crippen MR) is 69.4 cm³/mol. The maximum atomic E-state index is 8.60. The van der Waals surface area contributed by atoms with Crippen molar-refractivity contribution in [3.63, 3.8) is 0 Å². The summed E-state index contributed by atoms with van der Waals surface area (Å²) in [7, 11) is 0. The van der Waals surface area contributed by atoms with Gasteiger partial charge in [0.1, 0.15) is 6.61 Å². The molecule has 0 spiro atoms. The molecule has 3 nitrogen and oxygen atoms in total. The molecular formula is C12H11ClN2OS. The number of halogens is 1. The van der Waals surface area contributed by atoms with Crippen LogP contribution in [0.4, 0.5) is 0 Å².